The molecule has 4 atom stereocenters. The lowest BCUT2D eigenvalue weighted by atomic mass is 9.67. The molecule has 2 saturated carbocycles. The van der Waals surface area contributed by atoms with Crippen molar-refractivity contribution in [1.29, 1.82) is 0 Å². The van der Waals surface area contributed by atoms with Crippen LogP contribution in [0, 0.1) is 17.8 Å². The summed E-state index contributed by atoms with van der Waals surface area (Å²) in [6.45, 7) is 0. The highest BCUT2D eigenvalue weighted by Crippen LogP contribution is 2.42. The summed E-state index contributed by atoms with van der Waals surface area (Å²) >= 11 is 0. The number of aliphatic hydroxyl groups excluding tert-OH is 1. The third-order valence-electron chi connectivity index (χ3n) is 4.48. The highest BCUT2D eigenvalue weighted by Gasteiger charge is 2.39. The van der Waals surface area contributed by atoms with E-state index in [1.165, 1.54) is 18.4 Å². The van der Waals surface area contributed by atoms with Crippen LogP contribution in [-0.4, -0.2) is 25.5 Å². The second-order valence-corrected chi connectivity index (χ2v) is 7.78. The Morgan fingerprint density at radius 1 is 1.19 bits per heavy atom. The zero-order chi connectivity index (χ0) is 15.0. The van der Waals surface area contributed by atoms with Gasteiger partial charge in [0.2, 0.25) is 11.0 Å². The number of rotatable bonds is 3. The van der Waals surface area contributed by atoms with Crippen molar-refractivity contribution in [3.05, 3.63) is 18.4 Å². The Morgan fingerprint density at radius 3 is 2.43 bits per heavy atom. The second-order valence-electron chi connectivity index (χ2n) is 6.16. The van der Waals surface area contributed by atoms with Gasteiger partial charge in [0.15, 0.2) is 0 Å². The van der Waals surface area contributed by atoms with Crippen LogP contribution in [0.25, 0.3) is 0 Å². The zero-order valence-corrected chi connectivity index (χ0v) is 12.4. The highest BCUT2D eigenvalue weighted by atomic mass is 32.2. The van der Waals surface area contributed by atoms with E-state index in [9.17, 15) is 18.3 Å². The van der Waals surface area contributed by atoms with Crippen LogP contribution in [-0.2, 0) is 14.8 Å². The van der Waals surface area contributed by atoms with Gasteiger partial charge in [-0.1, -0.05) is 0 Å². The lowest BCUT2D eigenvalue weighted by Crippen LogP contribution is -2.42. The summed E-state index contributed by atoms with van der Waals surface area (Å²) in [5, 5.41) is 9.49. The fraction of sp³-hybridized carbons (Fsp3) is 0.643. The van der Waals surface area contributed by atoms with Crippen molar-refractivity contribution < 1.29 is 22.7 Å². The Morgan fingerprint density at radius 2 is 1.86 bits per heavy atom. The van der Waals surface area contributed by atoms with Gasteiger partial charge in [-0.25, -0.2) is 4.72 Å². The minimum atomic E-state index is -3.92. The van der Waals surface area contributed by atoms with Gasteiger partial charge in [0.25, 0.3) is 10.0 Å². The summed E-state index contributed by atoms with van der Waals surface area (Å²) in [7, 11) is -3.92. The van der Waals surface area contributed by atoms with Crippen LogP contribution in [0.3, 0.4) is 0 Å². The number of nitrogens with one attached hydrogen (secondary N) is 1. The van der Waals surface area contributed by atoms with Gasteiger partial charge in [-0.3, -0.25) is 4.79 Å². The smallest absolute Gasteiger partial charge is 0.297 e. The molecule has 2 fully saturated rings. The first kappa shape index (κ1) is 14.6. The van der Waals surface area contributed by atoms with Gasteiger partial charge in [0.1, 0.15) is 0 Å². The van der Waals surface area contributed by atoms with Gasteiger partial charge in [0, 0.05) is 5.92 Å². The standard InChI is InChI=1S/C14H19NO5S/c16-12-7-9-4-10(8-12)6-11(5-9)14(17)15-21(18,19)13-2-1-3-20-13/h1-3,9-12,16H,4-8H2,(H,15,17)/t9-,10+,11?,12?. The molecule has 0 saturated heterocycles. The number of carbonyl (C=O) groups is 1. The van der Waals surface area contributed by atoms with Crippen molar-refractivity contribution in [3.8, 4) is 0 Å². The molecular weight excluding hydrogens is 294 g/mol. The molecule has 1 amide bonds. The summed E-state index contributed by atoms with van der Waals surface area (Å²) in [6, 6.07) is 2.77. The Hall–Kier alpha value is -1.34. The van der Waals surface area contributed by atoms with Crippen molar-refractivity contribution in [3.63, 3.8) is 0 Å². The van der Waals surface area contributed by atoms with Crippen molar-refractivity contribution in [2.45, 2.75) is 43.3 Å². The summed E-state index contributed by atoms with van der Waals surface area (Å²) in [5.41, 5.74) is 0. The molecule has 3 rings (SSSR count). The molecule has 1 heterocycles. The van der Waals surface area contributed by atoms with E-state index in [1.54, 1.807) is 0 Å². The van der Waals surface area contributed by atoms with E-state index in [0.717, 1.165) is 6.42 Å². The van der Waals surface area contributed by atoms with Crippen molar-refractivity contribution >= 4 is 15.9 Å². The molecule has 0 spiro atoms. The van der Waals surface area contributed by atoms with Gasteiger partial charge >= 0.3 is 0 Å². The van der Waals surface area contributed by atoms with E-state index in [0.29, 0.717) is 37.5 Å². The van der Waals surface area contributed by atoms with E-state index >= 15 is 0 Å². The van der Waals surface area contributed by atoms with E-state index < -0.39 is 15.9 Å². The van der Waals surface area contributed by atoms with Gasteiger partial charge < -0.3 is 9.52 Å². The number of sulfonamides is 1. The van der Waals surface area contributed by atoms with Gasteiger partial charge in [-0.05, 0) is 56.1 Å². The Labute approximate surface area is 123 Å². The topological polar surface area (TPSA) is 96.6 Å². The molecule has 2 unspecified atom stereocenters. The second kappa shape index (κ2) is 5.46. The van der Waals surface area contributed by atoms with Gasteiger partial charge in [-0.15, -0.1) is 0 Å². The maximum absolute atomic E-state index is 12.2. The Bertz CT molecular complexity index is 591. The van der Waals surface area contributed by atoms with Gasteiger partial charge in [-0.2, -0.15) is 8.42 Å². The minimum absolute atomic E-state index is 0.248. The summed E-state index contributed by atoms with van der Waals surface area (Å²) in [5.74, 6) is -0.132. The molecular formula is C14H19NO5S. The quantitative estimate of drug-likeness (QED) is 0.876. The van der Waals surface area contributed by atoms with Crippen molar-refractivity contribution in [2.24, 2.45) is 17.8 Å². The SMILES string of the molecule is O=C(NS(=O)(=O)c1ccco1)C1C[C@H]2CC(O)C[C@@H](C1)C2. The minimum Gasteiger partial charge on any atom is -0.451 e. The van der Waals surface area contributed by atoms with Gasteiger partial charge in [0.05, 0.1) is 12.4 Å². The number of amides is 1. The van der Waals surface area contributed by atoms with Crippen molar-refractivity contribution in [2.75, 3.05) is 0 Å². The van der Waals surface area contributed by atoms with E-state index in [4.69, 9.17) is 4.42 Å². The molecule has 2 bridgehead atoms. The molecule has 21 heavy (non-hydrogen) atoms. The predicted molar refractivity (Wildman–Crippen MR) is 73.6 cm³/mol. The predicted octanol–water partition coefficient (Wildman–Crippen LogP) is 1.27. The first-order chi connectivity index (χ1) is 9.94. The largest absolute Gasteiger partial charge is 0.451 e. The number of hydrogen-bond acceptors (Lipinski definition) is 5. The van der Waals surface area contributed by atoms with Crippen LogP contribution in [0.1, 0.15) is 32.1 Å². The molecule has 2 aliphatic carbocycles. The number of aliphatic hydroxyl groups is 1. The third kappa shape index (κ3) is 3.13. The lowest BCUT2D eigenvalue weighted by Gasteiger charge is -2.40. The molecule has 6 nitrogen and oxygen atoms in total. The monoisotopic (exact) mass is 313 g/mol. The summed E-state index contributed by atoms with van der Waals surface area (Å²) in [6.07, 6.45) is 4.73. The maximum atomic E-state index is 12.2. The first-order valence-corrected chi connectivity index (χ1v) is 8.70. The molecule has 1 aromatic rings. The van der Waals surface area contributed by atoms with Crippen LogP contribution in [0.2, 0.25) is 0 Å². The molecule has 7 heteroatoms. The Balaban J connectivity index is 1.67. The maximum Gasteiger partial charge on any atom is 0.297 e. The molecule has 0 aliphatic heterocycles. The number of hydrogen-bond donors (Lipinski definition) is 2. The van der Waals surface area contributed by atoms with Crippen LogP contribution < -0.4 is 4.72 Å². The molecule has 116 valence electrons. The van der Waals surface area contributed by atoms with Crippen LogP contribution in [0.5, 0.6) is 0 Å². The summed E-state index contributed by atoms with van der Waals surface area (Å²) < 4.78 is 30.9. The molecule has 0 radical (unpaired) electrons. The number of furan rings is 1. The Kier molecular flexibility index (Phi) is 3.79. The highest BCUT2D eigenvalue weighted by molar-refractivity contribution is 7.89. The molecule has 2 N–H and O–H groups in total. The third-order valence-corrected chi connectivity index (χ3v) is 5.71. The molecule has 1 aromatic heterocycles. The number of carbonyl (C=O) groups excluding carboxylic acids is 1. The molecule has 2 aliphatic rings. The normalized spacial score (nSPS) is 32.6. The first-order valence-electron chi connectivity index (χ1n) is 7.22. The van der Waals surface area contributed by atoms with Crippen LogP contribution >= 0.6 is 0 Å². The lowest BCUT2D eigenvalue weighted by molar-refractivity contribution is -0.126. The zero-order valence-electron chi connectivity index (χ0n) is 11.6. The number of fused-ring (bicyclic) bond motifs is 2. The van der Waals surface area contributed by atoms with E-state index in [-0.39, 0.29) is 17.1 Å². The average Bonchev–Trinajstić information content (AvgIpc) is 2.91. The van der Waals surface area contributed by atoms with Crippen LogP contribution in [0.4, 0.5) is 0 Å². The fourth-order valence-corrected chi connectivity index (χ4v) is 4.68. The van der Waals surface area contributed by atoms with E-state index in [1.807, 2.05) is 0 Å². The summed E-state index contributed by atoms with van der Waals surface area (Å²) in [4.78, 5) is 12.2. The van der Waals surface area contributed by atoms with Crippen LogP contribution in [0.15, 0.2) is 27.9 Å². The van der Waals surface area contributed by atoms with Crippen molar-refractivity contribution in [1.82, 2.24) is 4.72 Å². The fourth-order valence-electron chi connectivity index (χ4n) is 3.71. The van der Waals surface area contributed by atoms with E-state index in [2.05, 4.69) is 4.72 Å². The average molecular weight is 313 g/mol. The molecule has 0 aromatic carbocycles.